The summed E-state index contributed by atoms with van der Waals surface area (Å²) in [6.07, 6.45) is -4.28. The molecule has 11 heteroatoms. The molecule has 0 amide bonds. The zero-order valence-electron chi connectivity index (χ0n) is 16.7. The second-order valence-corrected chi connectivity index (χ2v) is 7.40. The van der Waals surface area contributed by atoms with E-state index in [1.54, 1.807) is 6.07 Å². The van der Waals surface area contributed by atoms with Gasteiger partial charge in [-0.2, -0.15) is 13.2 Å². The molecule has 0 atom stereocenters. The minimum absolute atomic E-state index is 0.0703. The zero-order valence-corrected chi connectivity index (χ0v) is 16.7. The van der Waals surface area contributed by atoms with E-state index in [1.165, 1.54) is 24.3 Å². The van der Waals surface area contributed by atoms with Crippen molar-refractivity contribution < 1.29 is 44.8 Å². The first-order valence-corrected chi connectivity index (χ1v) is 9.55. The molecule has 0 saturated heterocycles. The van der Waals surface area contributed by atoms with E-state index in [0.29, 0.717) is 12.8 Å². The van der Waals surface area contributed by atoms with Gasteiger partial charge in [0.1, 0.15) is 5.56 Å². The maximum atomic E-state index is 13.9. The number of alkyl halides is 3. The SMILES string of the molecule is C=C(C(F)(F)F)C1(/C(=N/OC(=O)c2c(F)c(F)c(F)c(F)c2F)c2ccccc2)CCCC1. The van der Waals surface area contributed by atoms with Crippen LogP contribution in [0.3, 0.4) is 0 Å². The summed E-state index contributed by atoms with van der Waals surface area (Å²) in [5.41, 5.74) is -5.22. The van der Waals surface area contributed by atoms with Gasteiger partial charge < -0.3 is 4.84 Å². The third-order valence-electron chi connectivity index (χ3n) is 5.51. The fourth-order valence-electron chi connectivity index (χ4n) is 3.86. The molecule has 0 spiro atoms. The van der Waals surface area contributed by atoms with Crippen LogP contribution in [-0.4, -0.2) is 17.9 Å². The van der Waals surface area contributed by atoms with E-state index in [0.717, 1.165) is 0 Å². The lowest BCUT2D eigenvalue weighted by molar-refractivity contribution is -0.102. The van der Waals surface area contributed by atoms with Crippen LogP contribution in [0, 0.1) is 34.5 Å². The van der Waals surface area contributed by atoms with E-state index in [9.17, 15) is 39.9 Å². The molecule has 0 N–H and O–H groups in total. The Balaban J connectivity index is 2.12. The van der Waals surface area contributed by atoms with Crippen LogP contribution in [0.4, 0.5) is 35.1 Å². The second kappa shape index (κ2) is 8.95. The number of rotatable bonds is 5. The minimum atomic E-state index is -4.84. The summed E-state index contributed by atoms with van der Waals surface area (Å²) >= 11 is 0. The molecule has 0 aliphatic heterocycles. The van der Waals surface area contributed by atoms with E-state index >= 15 is 0 Å². The number of hydrogen-bond acceptors (Lipinski definition) is 3. The van der Waals surface area contributed by atoms with Gasteiger partial charge in [0.25, 0.3) is 0 Å². The van der Waals surface area contributed by atoms with Gasteiger partial charge in [-0.15, -0.1) is 0 Å². The fourth-order valence-corrected chi connectivity index (χ4v) is 3.86. The Morgan fingerprint density at radius 2 is 1.36 bits per heavy atom. The largest absolute Gasteiger partial charge is 0.413 e. The van der Waals surface area contributed by atoms with E-state index < -0.39 is 63.5 Å². The van der Waals surface area contributed by atoms with Gasteiger partial charge in [0.2, 0.25) is 5.82 Å². The van der Waals surface area contributed by atoms with Crippen molar-refractivity contribution in [2.45, 2.75) is 31.9 Å². The molecule has 3 rings (SSSR count). The minimum Gasteiger partial charge on any atom is -0.312 e. The van der Waals surface area contributed by atoms with Gasteiger partial charge >= 0.3 is 12.1 Å². The quantitative estimate of drug-likeness (QED) is 0.0924. The molecule has 1 aliphatic rings. The van der Waals surface area contributed by atoms with Crippen LogP contribution >= 0.6 is 0 Å². The highest BCUT2D eigenvalue weighted by Gasteiger charge is 2.52. The van der Waals surface area contributed by atoms with Crippen LogP contribution in [0.25, 0.3) is 0 Å². The number of nitrogens with zero attached hydrogens (tertiary/aromatic N) is 1. The highest BCUT2D eigenvalue weighted by atomic mass is 19.4. The summed E-state index contributed by atoms with van der Waals surface area (Å²) in [5.74, 6) is -14.2. The Bertz CT molecular complexity index is 1090. The molecule has 0 heterocycles. The second-order valence-electron chi connectivity index (χ2n) is 7.40. The first-order chi connectivity index (χ1) is 15.4. The summed E-state index contributed by atoms with van der Waals surface area (Å²) in [6, 6.07) is 7.23. The van der Waals surface area contributed by atoms with Gasteiger partial charge in [0.15, 0.2) is 23.3 Å². The van der Waals surface area contributed by atoms with Crippen molar-refractivity contribution in [3.8, 4) is 0 Å². The Hall–Kier alpha value is -3.24. The fraction of sp³-hybridized carbons (Fsp3) is 0.273. The van der Waals surface area contributed by atoms with Crippen LogP contribution in [0.5, 0.6) is 0 Å². The summed E-state index contributed by atoms with van der Waals surface area (Å²) in [5, 5.41) is 3.46. The van der Waals surface area contributed by atoms with Crippen molar-refractivity contribution in [1.82, 2.24) is 0 Å². The Morgan fingerprint density at radius 3 is 1.85 bits per heavy atom. The van der Waals surface area contributed by atoms with Crippen molar-refractivity contribution in [1.29, 1.82) is 0 Å². The summed E-state index contributed by atoms with van der Waals surface area (Å²) in [6.45, 7) is 3.17. The molecule has 2 aromatic rings. The topological polar surface area (TPSA) is 38.7 Å². The lowest BCUT2D eigenvalue weighted by Crippen LogP contribution is -2.37. The number of carbonyl (C=O) groups excluding carboxylic acids is 1. The Kier molecular flexibility index (Phi) is 6.62. The van der Waals surface area contributed by atoms with E-state index in [2.05, 4.69) is 16.6 Å². The van der Waals surface area contributed by atoms with Crippen molar-refractivity contribution in [3.63, 3.8) is 0 Å². The average molecular weight is 477 g/mol. The molecule has 176 valence electrons. The molecule has 0 radical (unpaired) electrons. The van der Waals surface area contributed by atoms with Crippen molar-refractivity contribution in [3.05, 3.63) is 82.7 Å². The van der Waals surface area contributed by atoms with Crippen molar-refractivity contribution in [2.75, 3.05) is 0 Å². The predicted molar refractivity (Wildman–Crippen MR) is 101 cm³/mol. The number of carbonyl (C=O) groups is 1. The normalized spacial score (nSPS) is 16.1. The molecule has 0 aromatic heterocycles. The lowest BCUT2D eigenvalue weighted by Gasteiger charge is -2.33. The molecule has 0 bridgehead atoms. The van der Waals surface area contributed by atoms with Crippen molar-refractivity contribution >= 4 is 11.7 Å². The third-order valence-corrected chi connectivity index (χ3v) is 5.51. The molecule has 1 aliphatic carbocycles. The Labute approximate surface area is 182 Å². The highest BCUT2D eigenvalue weighted by molar-refractivity contribution is 6.07. The molecule has 33 heavy (non-hydrogen) atoms. The summed E-state index contributed by atoms with van der Waals surface area (Å²) in [4.78, 5) is 16.7. The summed E-state index contributed by atoms with van der Waals surface area (Å²) in [7, 11) is 0. The van der Waals surface area contributed by atoms with Gasteiger partial charge in [0.05, 0.1) is 5.71 Å². The predicted octanol–water partition coefficient (Wildman–Crippen LogP) is 6.62. The zero-order chi connectivity index (χ0) is 24.6. The van der Waals surface area contributed by atoms with E-state index in [4.69, 9.17) is 0 Å². The lowest BCUT2D eigenvalue weighted by atomic mass is 9.72. The average Bonchev–Trinajstić information content (AvgIpc) is 3.27. The van der Waals surface area contributed by atoms with E-state index in [1.807, 2.05) is 0 Å². The molecular formula is C22H15F8NO2. The van der Waals surface area contributed by atoms with Crippen LogP contribution in [0.15, 0.2) is 47.6 Å². The Morgan fingerprint density at radius 1 is 0.879 bits per heavy atom. The highest BCUT2D eigenvalue weighted by Crippen LogP contribution is 2.51. The molecule has 2 aromatic carbocycles. The number of oxime groups is 1. The van der Waals surface area contributed by atoms with Gasteiger partial charge in [0, 0.05) is 16.6 Å². The summed E-state index contributed by atoms with van der Waals surface area (Å²) < 4.78 is 109. The molecule has 3 nitrogen and oxygen atoms in total. The number of benzene rings is 2. The molecular weight excluding hydrogens is 462 g/mol. The van der Waals surface area contributed by atoms with Gasteiger partial charge in [-0.3, -0.25) is 0 Å². The third kappa shape index (κ3) is 4.36. The van der Waals surface area contributed by atoms with Gasteiger partial charge in [-0.05, 0) is 12.8 Å². The smallest absolute Gasteiger partial charge is 0.312 e. The first-order valence-electron chi connectivity index (χ1n) is 9.55. The van der Waals surface area contributed by atoms with Crippen LogP contribution < -0.4 is 0 Å². The number of halogens is 8. The van der Waals surface area contributed by atoms with Gasteiger partial charge in [-0.25, -0.2) is 26.7 Å². The number of hydrogen-bond donors (Lipinski definition) is 0. The van der Waals surface area contributed by atoms with Crippen molar-refractivity contribution in [2.24, 2.45) is 10.6 Å². The van der Waals surface area contributed by atoms with Crippen LogP contribution in [0.2, 0.25) is 0 Å². The molecule has 1 saturated carbocycles. The van der Waals surface area contributed by atoms with Crippen LogP contribution in [-0.2, 0) is 4.84 Å². The number of allylic oxidation sites excluding steroid dienone is 1. The maximum absolute atomic E-state index is 13.9. The maximum Gasteiger partial charge on any atom is 0.413 e. The molecule has 0 unspecified atom stereocenters. The first kappa shape index (κ1) is 24.4. The molecule has 1 fully saturated rings. The van der Waals surface area contributed by atoms with Gasteiger partial charge in [-0.1, -0.05) is 54.9 Å². The standard InChI is InChI=1S/C22H15F8NO2/c1-11(22(28,29)30)21(9-5-6-10-21)19(12-7-3-2-4-8-12)31-33-20(32)13-14(23)16(25)18(27)17(26)15(13)24/h2-4,7-8H,1,5-6,9-10H2/b31-19+. The van der Waals surface area contributed by atoms with E-state index in [-0.39, 0.29) is 18.4 Å². The monoisotopic (exact) mass is 477 g/mol. The van der Waals surface area contributed by atoms with Crippen LogP contribution in [0.1, 0.15) is 41.6 Å².